The van der Waals surface area contributed by atoms with Crippen LogP contribution in [0.3, 0.4) is 0 Å². The number of azide groups is 1. The van der Waals surface area contributed by atoms with Gasteiger partial charge in [-0.3, -0.25) is 5.84 Å². The fourth-order valence-corrected chi connectivity index (χ4v) is 0.647. The summed E-state index contributed by atoms with van der Waals surface area (Å²) in [6, 6.07) is 0. The summed E-state index contributed by atoms with van der Waals surface area (Å²) in [7, 11) is 0. The summed E-state index contributed by atoms with van der Waals surface area (Å²) in [6.07, 6.45) is 3.07. The first-order chi connectivity index (χ1) is 5.33. The van der Waals surface area contributed by atoms with Gasteiger partial charge in [0.15, 0.2) is 0 Å². The van der Waals surface area contributed by atoms with Crippen molar-refractivity contribution in [3.05, 3.63) is 23.1 Å². The largest absolute Gasteiger partial charge is 1.00 e. The molecular weight excluding hydrogens is 226 g/mol. The highest BCUT2D eigenvalue weighted by atomic mass is 79.9. The maximum atomic E-state index is 7.95. The van der Waals surface area contributed by atoms with Gasteiger partial charge in [-0.05, 0) is 5.53 Å². The molecule has 1 aromatic heterocycles. The van der Waals surface area contributed by atoms with Crippen LogP contribution in [0.15, 0.2) is 17.8 Å². The fourth-order valence-electron chi connectivity index (χ4n) is 0.647. The van der Waals surface area contributed by atoms with E-state index in [2.05, 4.69) is 15.1 Å². The number of rotatable bonds is 3. The Balaban J connectivity index is 0.00000121. The van der Waals surface area contributed by atoms with Gasteiger partial charge in [-0.1, -0.05) is 5.11 Å². The predicted molar refractivity (Wildman–Crippen MR) is 36.6 cm³/mol. The average molecular weight is 234 g/mol. The number of hydrogen-bond acceptors (Lipinski definition) is 3. The smallest absolute Gasteiger partial charge is 0.286 e. The van der Waals surface area contributed by atoms with Crippen LogP contribution >= 0.6 is 0 Å². The minimum atomic E-state index is 0. The Morgan fingerprint density at radius 3 is 3.00 bits per heavy atom. The molecule has 7 nitrogen and oxygen atoms in total. The van der Waals surface area contributed by atoms with Crippen LogP contribution < -0.4 is 27.5 Å². The van der Waals surface area contributed by atoms with Crippen molar-refractivity contribution in [1.82, 2.24) is 9.78 Å². The van der Waals surface area contributed by atoms with Gasteiger partial charge in [0.05, 0.1) is 6.54 Å². The number of hydrogen-bond donors (Lipinski definition) is 1. The Kier molecular flexibility index (Phi) is 4.82. The molecule has 1 heterocycles. The summed E-state index contributed by atoms with van der Waals surface area (Å²) in [4.78, 5) is 2.60. The lowest BCUT2D eigenvalue weighted by molar-refractivity contribution is -0.639. The van der Waals surface area contributed by atoms with E-state index < -0.39 is 0 Å². The first kappa shape index (κ1) is 10.7. The van der Waals surface area contributed by atoms with Crippen molar-refractivity contribution in [3.8, 4) is 0 Å². The van der Waals surface area contributed by atoms with E-state index in [1.54, 1.807) is 11.0 Å². The third-order valence-electron chi connectivity index (χ3n) is 1.09. The Morgan fingerprint density at radius 1 is 1.75 bits per heavy atom. The normalized spacial score (nSPS) is 8.33. The van der Waals surface area contributed by atoms with Crippen LogP contribution in [0.2, 0.25) is 0 Å². The first-order valence-electron chi connectivity index (χ1n) is 3.02. The highest BCUT2D eigenvalue weighted by Gasteiger charge is 1.99. The third kappa shape index (κ3) is 3.22. The molecule has 0 aliphatic rings. The van der Waals surface area contributed by atoms with Gasteiger partial charge < -0.3 is 17.0 Å². The van der Waals surface area contributed by atoms with Gasteiger partial charge >= 0.3 is 0 Å². The molecule has 0 saturated carbocycles. The van der Waals surface area contributed by atoms with Gasteiger partial charge in [0.25, 0.3) is 6.33 Å². The molecular formula is C4H8BrN7. The molecule has 0 fully saturated rings. The van der Waals surface area contributed by atoms with E-state index >= 15 is 0 Å². The Bertz CT molecular complexity index is 275. The zero-order valence-corrected chi connectivity index (χ0v) is 7.79. The summed E-state index contributed by atoms with van der Waals surface area (Å²) < 4.78 is 2.92. The lowest BCUT2D eigenvalue weighted by Crippen LogP contribution is -3.00. The van der Waals surface area contributed by atoms with Crippen LogP contribution in [0.5, 0.6) is 0 Å². The maximum Gasteiger partial charge on any atom is 0.286 e. The van der Waals surface area contributed by atoms with Crippen LogP contribution in [0.25, 0.3) is 10.4 Å². The monoisotopic (exact) mass is 233 g/mol. The Labute approximate surface area is 79.2 Å². The molecule has 1 rings (SSSR count). The molecule has 12 heavy (non-hydrogen) atoms. The average Bonchev–Trinajstić information content (AvgIpc) is 2.37. The molecule has 0 aliphatic heterocycles. The zero-order chi connectivity index (χ0) is 8.10. The van der Waals surface area contributed by atoms with Crippen LogP contribution in [-0.2, 0) is 6.54 Å². The third-order valence-corrected chi connectivity index (χ3v) is 1.09. The van der Waals surface area contributed by atoms with Crippen molar-refractivity contribution in [1.29, 1.82) is 0 Å². The molecule has 0 saturated heterocycles. The van der Waals surface area contributed by atoms with E-state index in [4.69, 9.17) is 11.4 Å². The molecule has 66 valence electrons. The van der Waals surface area contributed by atoms with E-state index in [9.17, 15) is 0 Å². The van der Waals surface area contributed by atoms with Crippen molar-refractivity contribution in [2.75, 3.05) is 12.4 Å². The molecule has 0 unspecified atom stereocenters. The molecule has 0 spiro atoms. The van der Waals surface area contributed by atoms with Gasteiger partial charge in [-0.15, -0.1) is 9.36 Å². The predicted octanol–water partition coefficient (Wildman–Crippen LogP) is -3.80. The quantitative estimate of drug-likeness (QED) is 0.191. The highest BCUT2D eigenvalue weighted by Crippen LogP contribution is 1.78. The lowest BCUT2D eigenvalue weighted by Gasteiger charge is -1.83. The van der Waals surface area contributed by atoms with Crippen molar-refractivity contribution in [2.45, 2.75) is 6.54 Å². The van der Waals surface area contributed by atoms with E-state index in [-0.39, 0.29) is 17.0 Å². The summed E-state index contributed by atoms with van der Waals surface area (Å²) in [5.74, 6) is 5.31. The molecule has 2 N–H and O–H groups in total. The number of nitrogen functional groups attached to an aromatic ring is 1. The van der Waals surface area contributed by atoms with Gasteiger partial charge in [0, 0.05) is 10.0 Å². The number of halogens is 1. The SMILES string of the molecule is [Br-].[N-]=[N+]=NCCn1c[n+](N)cn1. The molecule has 0 atom stereocenters. The van der Waals surface area contributed by atoms with E-state index in [1.165, 1.54) is 11.0 Å². The molecule has 0 aliphatic carbocycles. The van der Waals surface area contributed by atoms with E-state index in [0.717, 1.165) is 0 Å². The summed E-state index contributed by atoms with van der Waals surface area (Å²) >= 11 is 0. The van der Waals surface area contributed by atoms with E-state index in [1.807, 2.05) is 0 Å². The fraction of sp³-hybridized carbons (Fsp3) is 0.500. The second-order valence-corrected chi connectivity index (χ2v) is 1.91. The summed E-state index contributed by atoms with van der Waals surface area (Å²) in [5, 5.41) is 7.20. The molecule has 0 bridgehead atoms. The maximum absolute atomic E-state index is 7.95. The number of nitrogens with two attached hydrogens (primary N) is 1. The summed E-state index contributed by atoms with van der Waals surface area (Å²) in [6.45, 7) is 0.937. The Morgan fingerprint density at radius 2 is 2.50 bits per heavy atom. The number of aromatic nitrogens is 3. The standard InChI is InChI=1S/C4H8N7.BrH/c5-9-7-1-2-11-4-10(6)3-8-11;/h3-4H,1-2,6H2;1H/q+1;/p-1. The van der Waals surface area contributed by atoms with Crippen LogP contribution in [0.1, 0.15) is 0 Å². The van der Waals surface area contributed by atoms with Crippen LogP contribution in [0.4, 0.5) is 0 Å². The van der Waals surface area contributed by atoms with Gasteiger partial charge in [0.2, 0.25) is 6.33 Å². The van der Waals surface area contributed by atoms with Gasteiger partial charge in [0.1, 0.15) is 6.54 Å². The molecule has 0 amide bonds. The minimum absolute atomic E-state index is 0. The molecule has 0 radical (unpaired) electrons. The van der Waals surface area contributed by atoms with Crippen LogP contribution in [0, 0.1) is 0 Å². The number of nitrogens with zero attached hydrogens (tertiary/aromatic N) is 6. The molecule has 8 heteroatoms. The topological polar surface area (TPSA) is 96.5 Å². The Hall–Kier alpha value is -1.27. The van der Waals surface area contributed by atoms with Crippen molar-refractivity contribution in [3.63, 3.8) is 0 Å². The van der Waals surface area contributed by atoms with Crippen LogP contribution in [-0.4, -0.2) is 16.3 Å². The van der Waals surface area contributed by atoms with Gasteiger partial charge in [-0.25, -0.2) is 0 Å². The van der Waals surface area contributed by atoms with E-state index in [0.29, 0.717) is 13.1 Å². The lowest BCUT2D eigenvalue weighted by atomic mass is 10.7. The second-order valence-electron chi connectivity index (χ2n) is 1.91. The first-order valence-corrected chi connectivity index (χ1v) is 3.02. The molecule has 1 aromatic rings. The summed E-state index contributed by atoms with van der Waals surface area (Å²) in [5.41, 5.74) is 7.95. The van der Waals surface area contributed by atoms with Crippen molar-refractivity contribution < 1.29 is 21.7 Å². The zero-order valence-electron chi connectivity index (χ0n) is 6.21. The molecule has 0 aromatic carbocycles. The van der Waals surface area contributed by atoms with Crippen molar-refractivity contribution in [2.24, 2.45) is 5.11 Å². The second kappa shape index (κ2) is 5.39. The van der Waals surface area contributed by atoms with Crippen molar-refractivity contribution >= 4 is 0 Å². The minimum Gasteiger partial charge on any atom is -1.00 e. The van der Waals surface area contributed by atoms with Gasteiger partial charge in [-0.2, -0.15) is 0 Å². The highest BCUT2D eigenvalue weighted by molar-refractivity contribution is 4.50.